The molecule has 5 nitrogen and oxygen atoms in total. The molecule has 0 unspecified atom stereocenters. The highest BCUT2D eigenvalue weighted by atomic mass is 35.5. The molecule has 0 radical (unpaired) electrons. The van der Waals surface area contributed by atoms with Crippen molar-refractivity contribution in [2.45, 2.75) is 52.2 Å². The number of ether oxygens (including phenoxy) is 2. The Morgan fingerprint density at radius 2 is 1.83 bits per heavy atom. The van der Waals surface area contributed by atoms with E-state index in [1.165, 1.54) is 12.3 Å². The zero-order chi connectivity index (χ0) is 21.6. The molecule has 1 N–H and O–H groups in total. The van der Waals surface area contributed by atoms with Crippen molar-refractivity contribution in [2.75, 3.05) is 0 Å². The lowest BCUT2D eigenvalue weighted by molar-refractivity contribution is -0.158. The van der Waals surface area contributed by atoms with E-state index in [0.717, 1.165) is 5.56 Å². The molecule has 29 heavy (non-hydrogen) atoms. The molecule has 0 bridgehead atoms. The Kier molecular flexibility index (Phi) is 5.69. The molecule has 154 valence electrons. The molecular formula is C22H23Cl2NO4. The lowest BCUT2D eigenvalue weighted by atomic mass is 9.81. The van der Waals surface area contributed by atoms with E-state index >= 15 is 0 Å². The number of aliphatic hydroxyl groups is 1. The van der Waals surface area contributed by atoms with E-state index in [4.69, 9.17) is 32.7 Å². The first-order valence-corrected chi connectivity index (χ1v) is 10.0. The molecule has 0 amide bonds. The van der Waals surface area contributed by atoms with E-state index < -0.39 is 11.2 Å². The van der Waals surface area contributed by atoms with Gasteiger partial charge in [-0.15, -0.1) is 0 Å². The second kappa shape index (κ2) is 7.63. The zero-order valence-corrected chi connectivity index (χ0v) is 18.5. The normalized spacial score (nSPS) is 18.1. The summed E-state index contributed by atoms with van der Waals surface area (Å²) in [6, 6.07) is 6.88. The fourth-order valence-corrected chi connectivity index (χ4v) is 3.86. The number of aromatic nitrogens is 1. The van der Waals surface area contributed by atoms with Gasteiger partial charge in [0.15, 0.2) is 5.78 Å². The van der Waals surface area contributed by atoms with Gasteiger partial charge in [0.1, 0.15) is 27.7 Å². The minimum absolute atomic E-state index is 0.101. The summed E-state index contributed by atoms with van der Waals surface area (Å²) in [5, 5.41) is 11.5. The summed E-state index contributed by atoms with van der Waals surface area (Å²) in [7, 11) is 0. The van der Waals surface area contributed by atoms with Crippen molar-refractivity contribution in [3.8, 4) is 11.6 Å². The van der Waals surface area contributed by atoms with E-state index in [9.17, 15) is 9.90 Å². The first kappa shape index (κ1) is 21.6. The van der Waals surface area contributed by atoms with Crippen LogP contribution in [0.5, 0.6) is 11.6 Å². The van der Waals surface area contributed by atoms with Gasteiger partial charge in [-0.3, -0.25) is 4.79 Å². The molecule has 2 aromatic rings. The minimum atomic E-state index is -1.08. The average Bonchev–Trinajstić information content (AvgIpc) is 2.62. The Morgan fingerprint density at radius 1 is 1.14 bits per heavy atom. The number of pyridine rings is 1. The number of halogens is 2. The lowest BCUT2D eigenvalue weighted by Gasteiger charge is -2.40. The molecule has 3 rings (SSSR count). The molecule has 0 atom stereocenters. The maximum absolute atomic E-state index is 13.1. The predicted molar refractivity (Wildman–Crippen MR) is 114 cm³/mol. The number of carbonyl (C=O) groups excluding carboxylic acids is 1. The van der Waals surface area contributed by atoms with Crippen molar-refractivity contribution in [1.82, 2.24) is 4.98 Å². The summed E-state index contributed by atoms with van der Waals surface area (Å²) in [5.74, 6) is 0.243. The SMILES string of the molecule is CCc1ccc(Oc2ncc(Cl)cc2Cl)cc1C1=C(O)C(C)(C)OC(C)(C)C1=O. The van der Waals surface area contributed by atoms with Crippen molar-refractivity contribution < 1.29 is 19.4 Å². The Morgan fingerprint density at radius 3 is 2.45 bits per heavy atom. The smallest absolute Gasteiger partial charge is 0.238 e. The van der Waals surface area contributed by atoms with Crippen LogP contribution in [-0.2, 0) is 16.0 Å². The van der Waals surface area contributed by atoms with Crippen LogP contribution in [0.2, 0.25) is 10.0 Å². The molecule has 7 heteroatoms. The van der Waals surface area contributed by atoms with Crippen LogP contribution >= 0.6 is 23.2 Å². The topological polar surface area (TPSA) is 68.7 Å². The molecule has 2 heterocycles. The van der Waals surface area contributed by atoms with Crippen LogP contribution in [0.4, 0.5) is 0 Å². The Hall–Kier alpha value is -2.08. The van der Waals surface area contributed by atoms with E-state index in [1.54, 1.807) is 39.8 Å². The number of ketones is 1. The number of carbonyl (C=O) groups is 1. The maximum atomic E-state index is 13.1. The van der Waals surface area contributed by atoms with Gasteiger partial charge in [0.05, 0.1) is 10.6 Å². The van der Waals surface area contributed by atoms with Gasteiger partial charge in [-0.1, -0.05) is 36.2 Å². The number of aryl methyl sites for hydroxylation is 1. The van der Waals surface area contributed by atoms with Gasteiger partial charge in [0.25, 0.3) is 0 Å². The molecule has 0 aliphatic carbocycles. The largest absolute Gasteiger partial charge is 0.508 e. The van der Waals surface area contributed by atoms with Crippen molar-refractivity contribution >= 4 is 34.6 Å². The van der Waals surface area contributed by atoms with Gasteiger partial charge < -0.3 is 14.6 Å². The standard InChI is InChI=1S/C22H23Cl2NO4/c1-6-12-7-8-14(28-20-16(24)9-13(23)11-25-20)10-15(12)17-18(26)21(2,3)29-22(4,5)19(17)27/h7-11,26H,6H2,1-5H3. The summed E-state index contributed by atoms with van der Waals surface area (Å²) in [6.45, 7) is 8.86. The van der Waals surface area contributed by atoms with Gasteiger partial charge in [-0.2, -0.15) is 0 Å². The van der Waals surface area contributed by atoms with Crippen molar-refractivity contribution in [3.05, 3.63) is 57.4 Å². The maximum Gasteiger partial charge on any atom is 0.238 e. The van der Waals surface area contributed by atoms with Crippen LogP contribution in [0.1, 0.15) is 45.7 Å². The molecular weight excluding hydrogens is 413 g/mol. The van der Waals surface area contributed by atoms with Crippen molar-refractivity contribution in [2.24, 2.45) is 0 Å². The number of hydrogen-bond acceptors (Lipinski definition) is 5. The summed E-state index contributed by atoms with van der Waals surface area (Å²) < 4.78 is 11.7. The average molecular weight is 436 g/mol. The summed E-state index contributed by atoms with van der Waals surface area (Å²) in [5.41, 5.74) is -0.342. The van der Waals surface area contributed by atoms with Gasteiger partial charge >= 0.3 is 0 Å². The molecule has 0 saturated heterocycles. The summed E-state index contributed by atoms with van der Waals surface area (Å²) >= 11 is 12.0. The number of Topliss-reactive ketones (excluding diaryl/α,β-unsaturated/α-hetero) is 1. The summed E-state index contributed by atoms with van der Waals surface area (Å²) in [4.78, 5) is 17.2. The quantitative estimate of drug-likeness (QED) is 0.621. The van der Waals surface area contributed by atoms with Crippen molar-refractivity contribution in [1.29, 1.82) is 0 Å². The number of nitrogens with zero attached hydrogens (tertiary/aromatic N) is 1. The van der Waals surface area contributed by atoms with Crippen LogP contribution in [-0.4, -0.2) is 27.1 Å². The van der Waals surface area contributed by atoms with Crippen molar-refractivity contribution in [3.63, 3.8) is 0 Å². The van der Waals surface area contributed by atoms with E-state index in [0.29, 0.717) is 22.8 Å². The number of benzene rings is 1. The predicted octanol–water partition coefficient (Wildman–Crippen LogP) is 6.17. The van der Waals surface area contributed by atoms with Gasteiger partial charge in [-0.25, -0.2) is 4.98 Å². The third kappa shape index (κ3) is 4.13. The Labute approximate surface area is 180 Å². The van der Waals surface area contributed by atoms with Crippen LogP contribution in [0.15, 0.2) is 36.2 Å². The molecule has 1 aromatic carbocycles. The fourth-order valence-electron chi connectivity index (χ4n) is 3.44. The van der Waals surface area contributed by atoms with Gasteiger partial charge in [0, 0.05) is 6.20 Å². The Balaban J connectivity index is 2.13. The second-order valence-corrected chi connectivity index (χ2v) is 8.73. The van der Waals surface area contributed by atoms with Crippen LogP contribution in [0, 0.1) is 0 Å². The monoisotopic (exact) mass is 435 g/mol. The Bertz CT molecular complexity index is 1010. The minimum Gasteiger partial charge on any atom is -0.508 e. The zero-order valence-electron chi connectivity index (χ0n) is 17.0. The molecule has 0 fully saturated rings. The second-order valence-electron chi connectivity index (χ2n) is 7.89. The highest BCUT2D eigenvalue weighted by Crippen LogP contribution is 2.42. The van der Waals surface area contributed by atoms with E-state index in [2.05, 4.69) is 4.98 Å². The van der Waals surface area contributed by atoms with E-state index in [1.807, 2.05) is 13.0 Å². The molecule has 0 spiro atoms. The fraction of sp³-hybridized carbons (Fsp3) is 0.364. The third-order valence-electron chi connectivity index (χ3n) is 4.81. The van der Waals surface area contributed by atoms with Crippen LogP contribution < -0.4 is 4.74 Å². The van der Waals surface area contributed by atoms with Crippen LogP contribution in [0.3, 0.4) is 0 Å². The first-order chi connectivity index (χ1) is 13.5. The lowest BCUT2D eigenvalue weighted by Crippen LogP contribution is -2.49. The van der Waals surface area contributed by atoms with Gasteiger partial charge in [0.2, 0.25) is 5.88 Å². The highest BCUT2D eigenvalue weighted by molar-refractivity contribution is 6.35. The number of hydrogen-bond donors (Lipinski definition) is 1. The molecule has 0 saturated carbocycles. The first-order valence-electron chi connectivity index (χ1n) is 9.27. The third-order valence-corrected chi connectivity index (χ3v) is 5.29. The summed E-state index contributed by atoms with van der Waals surface area (Å²) in [6.07, 6.45) is 2.10. The molecule has 1 aliphatic rings. The van der Waals surface area contributed by atoms with Gasteiger partial charge in [-0.05, 0) is 63.4 Å². The molecule has 1 aliphatic heterocycles. The number of rotatable bonds is 4. The van der Waals surface area contributed by atoms with E-state index in [-0.39, 0.29) is 28.0 Å². The number of aliphatic hydroxyl groups excluding tert-OH is 1. The van der Waals surface area contributed by atoms with Crippen LogP contribution in [0.25, 0.3) is 5.57 Å². The highest BCUT2D eigenvalue weighted by Gasteiger charge is 2.47. The molecule has 1 aromatic heterocycles.